The zero-order chi connectivity index (χ0) is 15.8. The average Bonchev–Trinajstić information content (AvgIpc) is 2.43. The van der Waals surface area contributed by atoms with Crippen LogP contribution in [0.4, 0.5) is 22.0 Å². The van der Waals surface area contributed by atoms with Gasteiger partial charge in [-0.15, -0.1) is 12.4 Å². The molecule has 1 fully saturated rings. The van der Waals surface area contributed by atoms with Crippen LogP contribution in [0.1, 0.15) is 24.4 Å². The van der Waals surface area contributed by atoms with Crippen LogP contribution in [-0.2, 0) is 4.74 Å². The summed E-state index contributed by atoms with van der Waals surface area (Å²) >= 11 is 5.46. The summed E-state index contributed by atoms with van der Waals surface area (Å²) in [6, 6.07) is 1.22. The van der Waals surface area contributed by atoms with Gasteiger partial charge in [-0.2, -0.15) is 13.2 Å². The van der Waals surface area contributed by atoms with Crippen molar-refractivity contribution in [1.82, 2.24) is 0 Å². The van der Waals surface area contributed by atoms with Crippen LogP contribution in [0.3, 0.4) is 0 Å². The van der Waals surface area contributed by atoms with Gasteiger partial charge in [-0.1, -0.05) is 17.7 Å². The molecule has 9 heteroatoms. The SMILES string of the molecule is Cl.NC(c1ccc(F)c(Cl)c1F)[C@H]1CC[C@H](C(F)(F)F)OC1. The van der Waals surface area contributed by atoms with Gasteiger partial charge in [-0.25, -0.2) is 8.78 Å². The number of nitrogens with two attached hydrogens (primary N) is 1. The van der Waals surface area contributed by atoms with Crippen molar-refractivity contribution in [3.8, 4) is 0 Å². The summed E-state index contributed by atoms with van der Waals surface area (Å²) in [5, 5.41) is -0.673. The van der Waals surface area contributed by atoms with Crippen LogP contribution in [0, 0.1) is 17.6 Å². The molecule has 0 aliphatic carbocycles. The maximum atomic E-state index is 13.9. The molecule has 2 nitrogen and oxygen atoms in total. The first-order valence-electron chi connectivity index (χ1n) is 6.29. The predicted octanol–water partition coefficient (Wildman–Crippen LogP) is 4.40. The Labute approximate surface area is 135 Å². The Bertz CT molecular complexity index is 518. The average molecular weight is 366 g/mol. The van der Waals surface area contributed by atoms with Crippen molar-refractivity contribution in [2.45, 2.75) is 31.2 Å². The van der Waals surface area contributed by atoms with E-state index in [1.807, 2.05) is 0 Å². The van der Waals surface area contributed by atoms with Crippen molar-refractivity contribution in [3.05, 3.63) is 34.4 Å². The van der Waals surface area contributed by atoms with E-state index in [1.54, 1.807) is 0 Å². The zero-order valence-electron chi connectivity index (χ0n) is 11.2. The van der Waals surface area contributed by atoms with Crippen LogP contribution in [0.2, 0.25) is 5.02 Å². The van der Waals surface area contributed by atoms with E-state index < -0.39 is 40.9 Å². The van der Waals surface area contributed by atoms with E-state index in [0.29, 0.717) is 0 Å². The Balaban J connectivity index is 0.00000242. The molecule has 0 aromatic heterocycles. The molecule has 1 saturated heterocycles. The van der Waals surface area contributed by atoms with Gasteiger partial charge in [-0.3, -0.25) is 0 Å². The number of halogens is 7. The first-order valence-corrected chi connectivity index (χ1v) is 6.67. The highest BCUT2D eigenvalue weighted by atomic mass is 35.5. The first kappa shape index (κ1) is 19.4. The summed E-state index contributed by atoms with van der Waals surface area (Å²) in [6.45, 7) is -0.236. The van der Waals surface area contributed by atoms with Crippen molar-refractivity contribution in [3.63, 3.8) is 0 Å². The van der Waals surface area contributed by atoms with Gasteiger partial charge in [0.2, 0.25) is 0 Å². The van der Waals surface area contributed by atoms with Crippen LogP contribution >= 0.6 is 24.0 Å². The maximum Gasteiger partial charge on any atom is 0.414 e. The number of benzene rings is 1. The van der Waals surface area contributed by atoms with E-state index in [2.05, 4.69) is 0 Å². The van der Waals surface area contributed by atoms with E-state index in [1.165, 1.54) is 0 Å². The lowest BCUT2D eigenvalue weighted by molar-refractivity contribution is -0.236. The summed E-state index contributed by atoms with van der Waals surface area (Å²) in [7, 11) is 0. The summed E-state index contributed by atoms with van der Waals surface area (Å²) in [5.74, 6) is -2.39. The Kier molecular flexibility index (Phi) is 6.44. The summed E-state index contributed by atoms with van der Waals surface area (Å²) in [5.41, 5.74) is 5.83. The van der Waals surface area contributed by atoms with E-state index in [-0.39, 0.29) is 37.4 Å². The van der Waals surface area contributed by atoms with Crippen molar-refractivity contribution < 1.29 is 26.7 Å². The largest absolute Gasteiger partial charge is 0.414 e. The minimum atomic E-state index is -4.42. The van der Waals surface area contributed by atoms with Gasteiger partial charge in [0.25, 0.3) is 0 Å². The molecule has 0 radical (unpaired) electrons. The second-order valence-corrected chi connectivity index (χ2v) is 5.37. The highest BCUT2D eigenvalue weighted by molar-refractivity contribution is 6.30. The highest BCUT2D eigenvalue weighted by Crippen LogP contribution is 2.37. The van der Waals surface area contributed by atoms with E-state index in [9.17, 15) is 22.0 Å². The summed E-state index contributed by atoms with van der Waals surface area (Å²) in [4.78, 5) is 0. The van der Waals surface area contributed by atoms with Gasteiger partial charge in [0.05, 0.1) is 6.61 Å². The molecular weight excluding hydrogens is 352 g/mol. The fourth-order valence-corrected chi connectivity index (χ4v) is 2.54. The Hall–Kier alpha value is -0.630. The summed E-state index contributed by atoms with van der Waals surface area (Å²) in [6.07, 6.45) is -6.33. The molecule has 2 rings (SSSR count). The highest BCUT2D eigenvalue weighted by Gasteiger charge is 2.43. The van der Waals surface area contributed by atoms with Gasteiger partial charge >= 0.3 is 6.18 Å². The molecule has 22 heavy (non-hydrogen) atoms. The Morgan fingerprint density at radius 2 is 1.86 bits per heavy atom. The standard InChI is InChI=1S/C13H13ClF5NO.ClH/c14-10-8(15)3-2-7(11(10)16)12(20)6-1-4-9(21-5-6)13(17,18)19;/h2-3,6,9,12H,1,4-5,20H2;1H/t6-,9+,12?;/m0./s1. The molecule has 0 bridgehead atoms. The molecule has 2 N–H and O–H groups in total. The minimum absolute atomic E-state index is 0. The molecule has 0 amide bonds. The Morgan fingerprint density at radius 3 is 2.36 bits per heavy atom. The van der Waals surface area contributed by atoms with Crippen LogP contribution in [-0.4, -0.2) is 18.9 Å². The molecule has 1 aliphatic rings. The van der Waals surface area contributed by atoms with Gasteiger partial charge < -0.3 is 10.5 Å². The third-order valence-corrected chi connectivity index (χ3v) is 3.95. The van der Waals surface area contributed by atoms with Crippen LogP contribution in [0.15, 0.2) is 12.1 Å². The third kappa shape index (κ3) is 4.01. The van der Waals surface area contributed by atoms with Crippen molar-refractivity contribution in [2.75, 3.05) is 6.61 Å². The number of alkyl halides is 3. The molecule has 1 heterocycles. The van der Waals surface area contributed by atoms with Gasteiger partial charge in [-0.05, 0) is 18.9 Å². The lowest BCUT2D eigenvalue weighted by atomic mass is 9.87. The minimum Gasteiger partial charge on any atom is -0.368 e. The van der Waals surface area contributed by atoms with Crippen LogP contribution < -0.4 is 5.73 Å². The molecule has 1 aromatic carbocycles. The van der Waals surface area contributed by atoms with Crippen LogP contribution in [0.5, 0.6) is 0 Å². The molecule has 1 unspecified atom stereocenters. The first-order chi connectivity index (χ1) is 9.71. The summed E-state index contributed by atoms with van der Waals surface area (Å²) < 4.78 is 69.1. The third-order valence-electron chi connectivity index (χ3n) is 3.61. The molecule has 126 valence electrons. The maximum absolute atomic E-state index is 13.9. The normalized spacial score (nSPS) is 23.8. The van der Waals surface area contributed by atoms with Crippen molar-refractivity contribution in [2.24, 2.45) is 11.7 Å². The predicted molar refractivity (Wildman–Crippen MR) is 74.1 cm³/mol. The van der Waals surface area contributed by atoms with Gasteiger partial charge in [0, 0.05) is 17.5 Å². The quantitative estimate of drug-likeness (QED) is 0.622. The fourth-order valence-electron chi connectivity index (χ4n) is 2.37. The lowest BCUT2D eigenvalue weighted by Crippen LogP contribution is -2.40. The molecule has 0 saturated carbocycles. The second kappa shape index (κ2) is 7.29. The smallest absolute Gasteiger partial charge is 0.368 e. The van der Waals surface area contributed by atoms with Crippen molar-refractivity contribution >= 4 is 24.0 Å². The molecule has 1 aliphatic heterocycles. The monoisotopic (exact) mass is 365 g/mol. The van der Waals surface area contributed by atoms with Gasteiger partial charge in [0.15, 0.2) is 6.10 Å². The second-order valence-electron chi connectivity index (χ2n) is 4.99. The van der Waals surface area contributed by atoms with E-state index in [0.717, 1.165) is 12.1 Å². The molecule has 1 aromatic rings. The zero-order valence-corrected chi connectivity index (χ0v) is 12.7. The fraction of sp³-hybridized carbons (Fsp3) is 0.538. The molecule has 0 spiro atoms. The number of ether oxygens (including phenoxy) is 1. The number of hydrogen-bond donors (Lipinski definition) is 1. The van der Waals surface area contributed by atoms with E-state index in [4.69, 9.17) is 22.1 Å². The lowest BCUT2D eigenvalue weighted by Gasteiger charge is -2.33. The van der Waals surface area contributed by atoms with Crippen molar-refractivity contribution in [1.29, 1.82) is 0 Å². The molecular formula is C13H14Cl2F5NO. The number of rotatable bonds is 2. The van der Waals surface area contributed by atoms with Gasteiger partial charge in [0.1, 0.15) is 16.7 Å². The molecule has 3 atom stereocenters. The van der Waals surface area contributed by atoms with Crippen LogP contribution in [0.25, 0.3) is 0 Å². The topological polar surface area (TPSA) is 35.2 Å². The number of hydrogen-bond acceptors (Lipinski definition) is 2. The Morgan fingerprint density at radius 1 is 1.23 bits per heavy atom. The van der Waals surface area contributed by atoms with E-state index >= 15 is 0 Å².